The van der Waals surface area contributed by atoms with Crippen molar-refractivity contribution in [3.8, 4) is 0 Å². The molecule has 1 rings (SSSR count). The van der Waals surface area contributed by atoms with Crippen molar-refractivity contribution < 1.29 is 14.7 Å². The molecule has 0 unspecified atom stereocenters. The zero-order chi connectivity index (χ0) is 9.68. The molecule has 1 N–H and O–H groups in total. The summed E-state index contributed by atoms with van der Waals surface area (Å²) >= 11 is 0. The van der Waals surface area contributed by atoms with Crippen molar-refractivity contribution >= 4 is 11.9 Å². The van der Waals surface area contributed by atoms with E-state index < -0.39 is 5.97 Å². The van der Waals surface area contributed by atoms with Gasteiger partial charge in [-0.2, -0.15) is 0 Å². The molecule has 1 amide bonds. The molecule has 0 atom stereocenters. The average molecular weight is 183 g/mol. The molecule has 72 valence electrons. The Hall–Kier alpha value is -1.32. The maximum atomic E-state index is 11.3. The normalized spacial score (nSPS) is 20.6. The van der Waals surface area contributed by atoms with E-state index in [1.165, 1.54) is 4.90 Å². The van der Waals surface area contributed by atoms with Gasteiger partial charge in [-0.05, 0) is 12.8 Å². The Kier molecular flexibility index (Phi) is 3.49. The highest BCUT2D eigenvalue weighted by Gasteiger charge is 2.15. The first-order valence-corrected chi connectivity index (χ1v) is 4.34. The van der Waals surface area contributed by atoms with Crippen LogP contribution < -0.4 is 0 Å². The zero-order valence-electron chi connectivity index (χ0n) is 7.40. The van der Waals surface area contributed by atoms with Crippen molar-refractivity contribution in [2.45, 2.75) is 19.3 Å². The predicted molar refractivity (Wildman–Crippen MR) is 47.2 cm³/mol. The van der Waals surface area contributed by atoms with Crippen molar-refractivity contribution in [1.29, 1.82) is 0 Å². The standard InChI is InChI=1S/C9H13NO3/c11-8-5-3-1-2-4-6-10(8)7-9(12)13/h1-2H,3-7H2,(H,12,13)/b2-1+. The van der Waals surface area contributed by atoms with Crippen LogP contribution in [0, 0.1) is 0 Å². The van der Waals surface area contributed by atoms with Crippen LogP contribution in [0.2, 0.25) is 0 Å². The van der Waals surface area contributed by atoms with E-state index in [-0.39, 0.29) is 12.5 Å². The minimum Gasteiger partial charge on any atom is -0.480 e. The number of nitrogens with zero attached hydrogens (tertiary/aromatic N) is 1. The molecule has 0 bridgehead atoms. The van der Waals surface area contributed by atoms with E-state index in [1.807, 2.05) is 12.2 Å². The Morgan fingerprint density at radius 2 is 2.15 bits per heavy atom. The predicted octanol–water partition coefficient (Wildman–Crippen LogP) is 0.640. The Labute approximate surface area is 76.8 Å². The third kappa shape index (κ3) is 3.27. The van der Waals surface area contributed by atoms with Crippen LogP contribution in [-0.4, -0.2) is 35.0 Å². The molecule has 0 fully saturated rings. The molecule has 0 spiro atoms. The van der Waals surface area contributed by atoms with Crippen LogP contribution in [0.5, 0.6) is 0 Å². The largest absolute Gasteiger partial charge is 0.480 e. The quantitative estimate of drug-likeness (QED) is 0.639. The van der Waals surface area contributed by atoms with Crippen LogP contribution in [0.3, 0.4) is 0 Å². The lowest BCUT2D eigenvalue weighted by molar-refractivity contribution is -0.144. The topological polar surface area (TPSA) is 57.6 Å². The van der Waals surface area contributed by atoms with Crippen molar-refractivity contribution in [3.63, 3.8) is 0 Å². The number of hydrogen-bond donors (Lipinski definition) is 1. The molecule has 1 heterocycles. The molecule has 0 aliphatic carbocycles. The number of carboxylic acids is 1. The third-order valence-corrected chi connectivity index (χ3v) is 1.94. The van der Waals surface area contributed by atoms with Crippen molar-refractivity contribution in [1.82, 2.24) is 4.90 Å². The lowest BCUT2D eigenvalue weighted by Gasteiger charge is -2.20. The lowest BCUT2D eigenvalue weighted by Crippen LogP contribution is -2.36. The van der Waals surface area contributed by atoms with E-state index in [0.29, 0.717) is 13.0 Å². The summed E-state index contributed by atoms with van der Waals surface area (Å²) in [5, 5.41) is 8.53. The fourth-order valence-corrected chi connectivity index (χ4v) is 1.29. The van der Waals surface area contributed by atoms with Gasteiger partial charge in [0.2, 0.25) is 5.91 Å². The summed E-state index contributed by atoms with van der Waals surface area (Å²) in [5.41, 5.74) is 0. The maximum Gasteiger partial charge on any atom is 0.323 e. The highest BCUT2D eigenvalue weighted by Crippen LogP contribution is 2.05. The van der Waals surface area contributed by atoms with E-state index in [4.69, 9.17) is 5.11 Å². The first kappa shape index (κ1) is 9.77. The summed E-state index contributed by atoms with van der Waals surface area (Å²) in [6, 6.07) is 0. The SMILES string of the molecule is O=C(O)CN1CC/C=C/CCC1=O. The molecule has 13 heavy (non-hydrogen) atoms. The van der Waals surface area contributed by atoms with Gasteiger partial charge in [0.1, 0.15) is 6.54 Å². The number of hydrogen-bond acceptors (Lipinski definition) is 2. The van der Waals surface area contributed by atoms with Crippen LogP contribution in [0.15, 0.2) is 12.2 Å². The number of aliphatic carboxylic acids is 1. The van der Waals surface area contributed by atoms with E-state index in [2.05, 4.69) is 0 Å². The summed E-state index contributed by atoms with van der Waals surface area (Å²) in [5.74, 6) is -1.01. The molecule has 0 radical (unpaired) electrons. The van der Waals surface area contributed by atoms with Gasteiger partial charge in [-0.3, -0.25) is 9.59 Å². The smallest absolute Gasteiger partial charge is 0.323 e. The second kappa shape index (κ2) is 4.64. The number of carboxylic acid groups (broad SMARTS) is 1. The number of carbonyl (C=O) groups is 2. The maximum absolute atomic E-state index is 11.3. The summed E-state index contributed by atoms with van der Waals surface area (Å²) in [4.78, 5) is 23.1. The summed E-state index contributed by atoms with van der Waals surface area (Å²) in [7, 11) is 0. The molecule has 0 aromatic carbocycles. The second-order valence-corrected chi connectivity index (χ2v) is 3.01. The molecule has 0 aromatic rings. The zero-order valence-corrected chi connectivity index (χ0v) is 7.40. The highest BCUT2D eigenvalue weighted by atomic mass is 16.4. The summed E-state index contributed by atoms with van der Waals surface area (Å²) < 4.78 is 0. The van der Waals surface area contributed by atoms with Crippen molar-refractivity contribution in [3.05, 3.63) is 12.2 Å². The monoisotopic (exact) mass is 183 g/mol. The van der Waals surface area contributed by atoms with E-state index in [9.17, 15) is 9.59 Å². The van der Waals surface area contributed by atoms with Crippen LogP contribution in [-0.2, 0) is 9.59 Å². The van der Waals surface area contributed by atoms with Gasteiger partial charge in [0.05, 0.1) is 0 Å². The Balaban J connectivity index is 2.54. The molecule has 0 aromatic heterocycles. The Morgan fingerprint density at radius 1 is 1.46 bits per heavy atom. The first-order chi connectivity index (χ1) is 6.20. The molecule has 4 nitrogen and oxygen atoms in total. The molecule has 0 saturated carbocycles. The van der Waals surface area contributed by atoms with Gasteiger partial charge in [-0.15, -0.1) is 0 Å². The van der Waals surface area contributed by atoms with E-state index in [0.717, 1.165) is 12.8 Å². The fraction of sp³-hybridized carbons (Fsp3) is 0.556. The third-order valence-electron chi connectivity index (χ3n) is 1.94. The van der Waals surface area contributed by atoms with Crippen LogP contribution in [0.25, 0.3) is 0 Å². The molecule has 0 saturated heterocycles. The molecular formula is C9H13NO3. The van der Waals surface area contributed by atoms with E-state index >= 15 is 0 Å². The molecule has 4 heteroatoms. The fourth-order valence-electron chi connectivity index (χ4n) is 1.29. The minimum atomic E-state index is -0.946. The summed E-state index contributed by atoms with van der Waals surface area (Å²) in [6.07, 6.45) is 5.84. The lowest BCUT2D eigenvalue weighted by atomic mass is 10.2. The molecular weight excluding hydrogens is 170 g/mol. The summed E-state index contributed by atoms with van der Waals surface area (Å²) in [6.45, 7) is 0.342. The van der Waals surface area contributed by atoms with Gasteiger partial charge in [0.15, 0.2) is 0 Å². The van der Waals surface area contributed by atoms with E-state index in [1.54, 1.807) is 0 Å². The average Bonchev–Trinajstić information content (AvgIpc) is 2.04. The van der Waals surface area contributed by atoms with Gasteiger partial charge in [-0.25, -0.2) is 0 Å². The van der Waals surface area contributed by atoms with Gasteiger partial charge in [-0.1, -0.05) is 12.2 Å². The second-order valence-electron chi connectivity index (χ2n) is 3.01. The number of rotatable bonds is 2. The first-order valence-electron chi connectivity index (χ1n) is 4.34. The van der Waals surface area contributed by atoms with Gasteiger partial charge in [0.25, 0.3) is 0 Å². The van der Waals surface area contributed by atoms with Crippen LogP contribution in [0.4, 0.5) is 0 Å². The Morgan fingerprint density at radius 3 is 2.85 bits per heavy atom. The van der Waals surface area contributed by atoms with Crippen molar-refractivity contribution in [2.24, 2.45) is 0 Å². The highest BCUT2D eigenvalue weighted by molar-refractivity contribution is 5.81. The van der Waals surface area contributed by atoms with Crippen LogP contribution >= 0.6 is 0 Å². The van der Waals surface area contributed by atoms with Crippen LogP contribution in [0.1, 0.15) is 19.3 Å². The number of carbonyl (C=O) groups excluding carboxylic acids is 1. The minimum absolute atomic E-state index is 0.0632. The van der Waals surface area contributed by atoms with Crippen molar-refractivity contribution in [2.75, 3.05) is 13.1 Å². The molecule has 1 aliphatic heterocycles. The Bertz CT molecular complexity index is 235. The van der Waals surface area contributed by atoms with Gasteiger partial charge in [0, 0.05) is 13.0 Å². The van der Waals surface area contributed by atoms with Gasteiger partial charge >= 0.3 is 5.97 Å². The van der Waals surface area contributed by atoms with Gasteiger partial charge < -0.3 is 10.0 Å². The molecule has 1 aliphatic rings. The number of allylic oxidation sites excluding steroid dienone is 1. The number of amides is 1.